The predicted octanol–water partition coefficient (Wildman–Crippen LogP) is 3.15. The van der Waals surface area contributed by atoms with Gasteiger partial charge >= 0.3 is 0 Å². The molecule has 108 valence electrons. The van der Waals surface area contributed by atoms with Crippen LogP contribution >= 0.6 is 11.3 Å². The second kappa shape index (κ2) is 7.41. The van der Waals surface area contributed by atoms with Gasteiger partial charge in [0.05, 0.1) is 0 Å². The van der Waals surface area contributed by atoms with Crippen LogP contribution in [0.25, 0.3) is 10.1 Å². The average molecular weight is 290 g/mol. The number of nitrogens with one attached hydrogen (secondary N) is 2. The van der Waals surface area contributed by atoms with Crippen LogP contribution in [0, 0.1) is 5.92 Å². The molecule has 1 amide bonds. The number of benzene rings is 1. The van der Waals surface area contributed by atoms with Gasteiger partial charge in [-0.05, 0) is 28.3 Å². The lowest BCUT2D eigenvalue weighted by molar-refractivity contribution is -0.121. The van der Waals surface area contributed by atoms with Gasteiger partial charge in [0.2, 0.25) is 5.91 Å². The fourth-order valence-electron chi connectivity index (χ4n) is 2.00. The predicted molar refractivity (Wildman–Crippen MR) is 86.0 cm³/mol. The van der Waals surface area contributed by atoms with Crippen molar-refractivity contribution in [2.45, 2.75) is 26.8 Å². The van der Waals surface area contributed by atoms with Crippen molar-refractivity contribution in [3.63, 3.8) is 0 Å². The van der Waals surface area contributed by atoms with Crippen molar-refractivity contribution in [2.75, 3.05) is 13.1 Å². The van der Waals surface area contributed by atoms with Gasteiger partial charge in [0.25, 0.3) is 0 Å². The number of hydrogen-bond donors (Lipinski definition) is 2. The lowest BCUT2D eigenvalue weighted by Gasteiger charge is -2.08. The first-order chi connectivity index (χ1) is 9.66. The number of amides is 1. The highest BCUT2D eigenvalue weighted by Crippen LogP contribution is 2.25. The molecular formula is C16H22N2OS. The van der Waals surface area contributed by atoms with Crippen molar-refractivity contribution >= 4 is 27.3 Å². The third-order valence-corrected chi connectivity index (χ3v) is 4.13. The van der Waals surface area contributed by atoms with E-state index in [1.54, 1.807) is 11.3 Å². The van der Waals surface area contributed by atoms with E-state index >= 15 is 0 Å². The molecule has 0 aliphatic rings. The van der Waals surface area contributed by atoms with E-state index < -0.39 is 0 Å². The minimum atomic E-state index is 0.126. The maximum Gasteiger partial charge on any atom is 0.221 e. The topological polar surface area (TPSA) is 41.1 Å². The van der Waals surface area contributed by atoms with E-state index in [9.17, 15) is 4.79 Å². The van der Waals surface area contributed by atoms with Gasteiger partial charge in [-0.15, -0.1) is 11.3 Å². The zero-order chi connectivity index (χ0) is 14.4. The molecule has 2 rings (SSSR count). The van der Waals surface area contributed by atoms with E-state index in [-0.39, 0.29) is 5.91 Å². The molecule has 0 spiro atoms. The molecule has 2 N–H and O–H groups in total. The van der Waals surface area contributed by atoms with Crippen LogP contribution < -0.4 is 10.6 Å². The SMILES string of the molecule is CC(C)CNC(=O)CCNCc1csc2ccccc12. The van der Waals surface area contributed by atoms with Gasteiger partial charge in [-0.3, -0.25) is 4.79 Å². The molecule has 0 saturated carbocycles. The first-order valence-corrected chi connectivity index (χ1v) is 7.97. The Labute approximate surface area is 124 Å². The van der Waals surface area contributed by atoms with Crippen LogP contribution in [0.1, 0.15) is 25.8 Å². The van der Waals surface area contributed by atoms with Crippen LogP contribution in [0.5, 0.6) is 0 Å². The van der Waals surface area contributed by atoms with E-state index in [1.807, 2.05) is 0 Å². The van der Waals surface area contributed by atoms with Crippen LogP contribution in [0.4, 0.5) is 0 Å². The summed E-state index contributed by atoms with van der Waals surface area (Å²) in [5, 5.41) is 9.78. The van der Waals surface area contributed by atoms with E-state index in [4.69, 9.17) is 0 Å². The van der Waals surface area contributed by atoms with Crippen LogP contribution in [0.15, 0.2) is 29.6 Å². The molecule has 2 aromatic rings. The molecule has 0 radical (unpaired) electrons. The monoisotopic (exact) mass is 290 g/mol. The Morgan fingerprint density at radius 1 is 1.30 bits per heavy atom. The molecule has 1 aromatic heterocycles. The van der Waals surface area contributed by atoms with Gasteiger partial charge in [-0.2, -0.15) is 0 Å². The minimum absolute atomic E-state index is 0.126. The second-order valence-corrected chi connectivity index (χ2v) is 6.29. The summed E-state index contributed by atoms with van der Waals surface area (Å²) in [5.74, 6) is 0.630. The molecule has 0 aliphatic heterocycles. The Balaban J connectivity index is 1.72. The summed E-state index contributed by atoms with van der Waals surface area (Å²) in [7, 11) is 0. The highest BCUT2D eigenvalue weighted by molar-refractivity contribution is 7.17. The number of carbonyl (C=O) groups is 1. The molecule has 0 fully saturated rings. The summed E-state index contributed by atoms with van der Waals surface area (Å²) in [6, 6.07) is 8.42. The van der Waals surface area contributed by atoms with Crippen molar-refractivity contribution < 1.29 is 4.79 Å². The maximum absolute atomic E-state index is 11.6. The number of hydrogen-bond acceptors (Lipinski definition) is 3. The molecule has 0 unspecified atom stereocenters. The van der Waals surface area contributed by atoms with Gasteiger partial charge in [0.15, 0.2) is 0 Å². The minimum Gasteiger partial charge on any atom is -0.356 e. The standard InChI is InChI=1S/C16H22N2OS/c1-12(2)9-18-16(19)7-8-17-10-13-11-20-15-6-4-3-5-14(13)15/h3-6,11-12,17H,7-10H2,1-2H3,(H,18,19). The maximum atomic E-state index is 11.6. The summed E-state index contributed by atoms with van der Waals surface area (Å²) in [4.78, 5) is 11.6. The summed E-state index contributed by atoms with van der Waals surface area (Å²) >= 11 is 1.77. The zero-order valence-corrected chi connectivity index (χ0v) is 12.9. The van der Waals surface area contributed by atoms with Gasteiger partial charge in [0, 0.05) is 30.8 Å². The lowest BCUT2D eigenvalue weighted by atomic mass is 10.2. The Morgan fingerprint density at radius 3 is 2.90 bits per heavy atom. The Kier molecular flexibility index (Phi) is 5.56. The number of carbonyl (C=O) groups excluding carboxylic acids is 1. The van der Waals surface area contributed by atoms with E-state index in [2.05, 4.69) is 54.1 Å². The molecule has 1 heterocycles. The van der Waals surface area contributed by atoms with Gasteiger partial charge in [0.1, 0.15) is 0 Å². The largest absolute Gasteiger partial charge is 0.356 e. The molecule has 4 heteroatoms. The second-order valence-electron chi connectivity index (χ2n) is 5.38. The van der Waals surface area contributed by atoms with Gasteiger partial charge in [-0.1, -0.05) is 32.0 Å². The third-order valence-electron chi connectivity index (χ3n) is 3.11. The number of fused-ring (bicyclic) bond motifs is 1. The van der Waals surface area contributed by atoms with Crippen LogP contribution in [0.3, 0.4) is 0 Å². The number of rotatable bonds is 7. The molecule has 3 nitrogen and oxygen atoms in total. The molecule has 0 bridgehead atoms. The summed E-state index contributed by atoms with van der Waals surface area (Å²) < 4.78 is 1.32. The summed E-state index contributed by atoms with van der Waals surface area (Å²) in [5.41, 5.74) is 1.31. The fraction of sp³-hybridized carbons (Fsp3) is 0.438. The van der Waals surface area contributed by atoms with Crippen LogP contribution in [-0.4, -0.2) is 19.0 Å². The first kappa shape index (κ1) is 15.0. The van der Waals surface area contributed by atoms with E-state index in [0.29, 0.717) is 18.9 Å². The van der Waals surface area contributed by atoms with Crippen LogP contribution in [-0.2, 0) is 11.3 Å². The summed E-state index contributed by atoms with van der Waals surface area (Å²) in [6.45, 7) is 6.49. The zero-order valence-electron chi connectivity index (χ0n) is 12.1. The number of thiophene rings is 1. The van der Waals surface area contributed by atoms with Gasteiger partial charge in [-0.25, -0.2) is 0 Å². The van der Waals surface area contributed by atoms with Crippen molar-refractivity contribution in [1.29, 1.82) is 0 Å². The fourth-order valence-corrected chi connectivity index (χ4v) is 2.96. The first-order valence-electron chi connectivity index (χ1n) is 7.09. The molecule has 0 atom stereocenters. The molecule has 0 aliphatic carbocycles. The van der Waals surface area contributed by atoms with Crippen molar-refractivity contribution in [1.82, 2.24) is 10.6 Å². The third kappa shape index (κ3) is 4.32. The van der Waals surface area contributed by atoms with Crippen molar-refractivity contribution in [2.24, 2.45) is 5.92 Å². The van der Waals surface area contributed by atoms with Crippen molar-refractivity contribution in [3.8, 4) is 0 Å². The highest BCUT2D eigenvalue weighted by Gasteiger charge is 2.04. The quantitative estimate of drug-likeness (QED) is 0.769. The van der Waals surface area contributed by atoms with E-state index in [0.717, 1.165) is 13.1 Å². The average Bonchev–Trinajstić information content (AvgIpc) is 2.85. The van der Waals surface area contributed by atoms with Gasteiger partial charge < -0.3 is 10.6 Å². The highest BCUT2D eigenvalue weighted by atomic mass is 32.1. The summed E-state index contributed by atoms with van der Waals surface area (Å²) in [6.07, 6.45) is 0.536. The Morgan fingerprint density at radius 2 is 2.10 bits per heavy atom. The Hall–Kier alpha value is -1.39. The molecule has 20 heavy (non-hydrogen) atoms. The normalized spacial score (nSPS) is 11.2. The lowest BCUT2D eigenvalue weighted by Crippen LogP contribution is -2.30. The van der Waals surface area contributed by atoms with Crippen molar-refractivity contribution in [3.05, 3.63) is 35.2 Å². The molecular weight excluding hydrogens is 268 g/mol. The molecule has 1 aromatic carbocycles. The van der Waals surface area contributed by atoms with Crippen LogP contribution in [0.2, 0.25) is 0 Å². The Bertz CT molecular complexity index is 562. The van der Waals surface area contributed by atoms with E-state index in [1.165, 1.54) is 15.6 Å². The smallest absolute Gasteiger partial charge is 0.221 e. The molecule has 0 saturated heterocycles.